The van der Waals surface area contributed by atoms with Gasteiger partial charge < -0.3 is 10.4 Å². The maximum atomic E-state index is 8.96. The van der Waals surface area contributed by atoms with Crippen LogP contribution in [0.25, 0.3) is 0 Å². The van der Waals surface area contributed by atoms with Crippen molar-refractivity contribution in [1.29, 1.82) is 0 Å². The van der Waals surface area contributed by atoms with Crippen LogP contribution in [0.4, 0.5) is 0 Å². The Hall–Kier alpha value is -0.870. The molecular formula is C13H25N3O. The molecule has 1 rings (SSSR count). The molecule has 98 valence electrons. The lowest BCUT2D eigenvalue weighted by Gasteiger charge is -2.18. The number of hydrogen-bond acceptors (Lipinski definition) is 3. The van der Waals surface area contributed by atoms with Gasteiger partial charge in [0.15, 0.2) is 0 Å². The number of hydrogen-bond donors (Lipinski definition) is 2. The third kappa shape index (κ3) is 4.13. The molecule has 0 aliphatic carbocycles. The lowest BCUT2D eigenvalue weighted by atomic mass is 9.89. The van der Waals surface area contributed by atoms with Crippen molar-refractivity contribution >= 4 is 0 Å². The molecule has 0 aromatic carbocycles. The van der Waals surface area contributed by atoms with E-state index < -0.39 is 0 Å². The number of aryl methyl sites for hydroxylation is 1. The monoisotopic (exact) mass is 239 g/mol. The molecule has 1 aromatic rings. The van der Waals surface area contributed by atoms with Gasteiger partial charge in [-0.05, 0) is 5.92 Å². The zero-order valence-corrected chi connectivity index (χ0v) is 11.6. The fourth-order valence-electron chi connectivity index (χ4n) is 1.82. The minimum atomic E-state index is 0.0703. The van der Waals surface area contributed by atoms with E-state index in [1.54, 1.807) is 0 Å². The molecule has 0 aliphatic rings. The predicted molar refractivity (Wildman–Crippen MR) is 69.9 cm³/mol. The second-order valence-corrected chi connectivity index (χ2v) is 5.85. The number of aliphatic hydroxyl groups is 1. The largest absolute Gasteiger partial charge is 0.396 e. The first-order chi connectivity index (χ1) is 7.84. The van der Waals surface area contributed by atoms with E-state index in [0.29, 0.717) is 5.92 Å². The van der Waals surface area contributed by atoms with Gasteiger partial charge in [0.05, 0.1) is 5.69 Å². The summed E-state index contributed by atoms with van der Waals surface area (Å²) in [5.41, 5.74) is 2.45. The van der Waals surface area contributed by atoms with Gasteiger partial charge in [-0.3, -0.25) is 4.68 Å². The molecule has 1 aromatic heterocycles. The highest BCUT2D eigenvalue weighted by Crippen LogP contribution is 2.23. The normalized spacial score (nSPS) is 14.0. The third-order valence-corrected chi connectivity index (χ3v) is 2.73. The van der Waals surface area contributed by atoms with Gasteiger partial charge in [-0.25, -0.2) is 0 Å². The van der Waals surface area contributed by atoms with E-state index in [4.69, 9.17) is 5.11 Å². The zero-order chi connectivity index (χ0) is 13.1. The van der Waals surface area contributed by atoms with Crippen molar-refractivity contribution < 1.29 is 5.11 Å². The van der Waals surface area contributed by atoms with Gasteiger partial charge in [0.25, 0.3) is 0 Å². The molecule has 2 N–H and O–H groups in total. The summed E-state index contributed by atoms with van der Waals surface area (Å²) in [7, 11) is 1.95. The summed E-state index contributed by atoms with van der Waals surface area (Å²) in [5, 5.41) is 16.9. The molecule has 1 heterocycles. The van der Waals surface area contributed by atoms with Crippen molar-refractivity contribution in [2.75, 3.05) is 13.2 Å². The smallest absolute Gasteiger partial charge is 0.0722 e. The Kier molecular flexibility index (Phi) is 4.71. The second kappa shape index (κ2) is 5.65. The molecule has 0 aliphatic heterocycles. The first-order valence-corrected chi connectivity index (χ1v) is 6.19. The number of rotatable bonds is 5. The molecule has 0 fully saturated rings. The fraction of sp³-hybridized carbons (Fsp3) is 0.769. The molecule has 1 unspecified atom stereocenters. The summed E-state index contributed by atoms with van der Waals surface area (Å²) in [6.45, 7) is 10.4. The van der Waals surface area contributed by atoms with E-state index in [-0.39, 0.29) is 12.0 Å². The Morgan fingerprint density at radius 2 is 2.12 bits per heavy atom. The second-order valence-electron chi connectivity index (χ2n) is 5.85. The molecule has 0 amide bonds. The molecule has 0 saturated carbocycles. The van der Waals surface area contributed by atoms with Crippen LogP contribution in [-0.4, -0.2) is 28.0 Å². The quantitative estimate of drug-likeness (QED) is 0.817. The maximum absolute atomic E-state index is 8.96. The summed E-state index contributed by atoms with van der Waals surface area (Å²) in [6, 6.07) is 0. The molecule has 17 heavy (non-hydrogen) atoms. The van der Waals surface area contributed by atoms with Crippen LogP contribution in [0.3, 0.4) is 0 Å². The van der Waals surface area contributed by atoms with E-state index in [1.807, 2.05) is 18.7 Å². The topological polar surface area (TPSA) is 50.1 Å². The Morgan fingerprint density at radius 1 is 1.47 bits per heavy atom. The van der Waals surface area contributed by atoms with Gasteiger partial charge in [-0.2, -0.15) is 5.10 Å². The minimum Gasteiger partial charge on any atom is -0.396 e. The van der Waals surface area contributed by atoms with Crippen LogP contribution in [0.15, 0.2) is 6.20 Å². The average molecular weight is 239 g/mol. The van der Waals surface area contributed by atoms with Crippen molar-refractivity contribution in [3.63, 3.8) is 0 Å². The first kappa shape index (κ1) is 14.2. The summed E-state index contributed by atoms with van der Waals surface area (Å²) >= 11 is 0. The standard InChI is InChI=1S/C13H25N3O/c1-10(9-17)6-14-7-11-8-16(5)15-12(11)13(2,3)4/h8,10,14,17H,6-7,9H2,1-5H3. The van der Waals surface area contributed by atoms with Crippen LogP contribution in [0.2, 0.25) is 0 Å². The number of aliphatic hydroxyl groups excluding tert-OH is 1. The molecule has 1 atom stereocenters. The van der Waals surface area contributed by atoms with Crippen LogP contribution < -0.4 is 5.32 Å². The molecular weight excluding hydrogens is 214 g/mol. The van der Waals surface area contributed by atoms with E-state index >= 15 is 0 Å². The van der Waals surface area contributed by atoms with Crippen LogP contribution in [-0.2, 0) is 19.0 Å². The van der Waals surface area contributed by atoms with Gasteiger partial charge in [0.1, 0.15) is 0 Å². The maximum Gasteiger partial charge on any atom is 0.0722 e. The van der Waals surface area contributed by atoms with Crippen LogP contribution in [0.1, 0.15) is 39.0 Å². The van der Waals surface area contributed by atoms with Gasteiger partial charge in [-0.1, -0.05) is 27.7 Å². The molecule has 4 nitrogen and oxygen atoms in total. The Morgan fingerprint density at radius 3 is 2.65 bits per heavy atom. The average Bonchev–Trinajstić information content (AvgIpc) is 2.59. The molecule has 0 spiro atoms. The van der Waals surface area contributed by atoms with Crippen molar-refractivity contribution in [3.8, 4) is 0 Å². The van der Waals surface area contributed by atoms with Crippen LogP contribution in [0, 0.1) is 5.92 Å². The van der Waals surface area contributed by atoms with E-state index in [9.17, 15) is 0 Å². The minimum absolute atomic E-state index is 0.0703. The van der Waals surface area contributed by atoms with Gasteiger partial charge in [0, 0.05) is 43.9 Å². The molecule has 0 saturated heterocycles. The SMILES string of the molecule is CC(CO)CNCc1cn(C)nc1C(C)(C)C. The Labute approximate surface area is 104 Å². The van der Waals surface area contributed by atoms with Gasteiger partial charge in [-0.15, -0.1) is 0 Å². The van der Waals surface area contributed by atoms with E-state index in [2.05, 4.69) is 37.4 Å². The van der Waals surface area contributed by atoms with Crippen molar-refractivity contribution in [2.24, 2.45) is 13.0 Å². The number of nitrogens with one attached hydrogen (secondary N) is 1. The lowest BCUT2D eigenvalue weighted by Crippen LogP contribution is -2.24. The highest BCUT2D eigenvalue weighted by Gasteiger charge is 2.21. The molecule has 0 bridgehead atoms. The zero-order valence-electron chi connectivity index (χ0n) is 11.6. The fourth-order valence-corrected chi connectivity index (χ4v) is 1.82. The first-order valence-electron chi connectivity index (χ1n) is 6.19. The summed E-state index contributed by atoms with van der Waals surface area (Å²) in [6.07, 6.45) is 2.07. The van der Waals surface area contributed by atoms with Crippen LogP contribution >= 0.6 is 0 Å². The van der Waals surface area contributed by atoms with Gasteiger partial charge >= 0.3 is 0 Å². The van der Waals surface area contributed by atoms with Gasteiger partial charge in [0.2, 0.25) is 0 Å². The third-order valence-electron chi connectivity index (χ3n) is 2.73. The van der Waals surface area contributed by atoms with Crippen LogP contribution in [0.5, 0.6) is 0 Å². The Balaban J connectivity index is 2.65. The summed E-state index contributed by atoms with van der Waals surface area (Å²) < 4.78 is 1.87. The lowest BCUT2D eigenvalue weighted by molar-refractivity contribution is 0.233. The highest BCUT2D eigenvalue weighted by molar-refractivity contribution is 5.23. The number of nitrogens with zero attached hydrogens (tertiary/aromatic N) is 2. The van der Waals surface area contributed by atoms with Crippen molar-refractivity contribution in [3.05, 3.63) is 17.5 Å². The van der Waals surface area contributed by atoms with E-state index in [1.165, 1.54) is 5.56 Å². The highest BCUT2D eigenvalue weighted by atomic mass is 16.3. The summed E-state index contributed by atoms with van der Waals surface area (Å²) in [4.78, 5) is 0. The molecule has 4 heteroatoms. The summed E-state index contributed by atoms with van der Waals surface area (Å²) in [5.74, 6) is 0.296. The molecule has 0 radical (unpaired) electrons. The van der Waals surface area contributed by atoms with E-state index in [0.717, 1.165) is 18.8 Å². The van der Waals surface area contributed by atoms with Crippen molar-refractivity contribution in [2.45, 2.75) is 39.7 Å². The number of aromatic nitrogens is 2. The Bertz CT molecular complexity index is 352. The predicted octanol–water partition coefficient (Wildman–Crippen LogP) is 1.44. The van der Waals surface area contributed by atoms with Crippen molar-refractivity contribution in [1.82, 2.24) is 15.1 Å².